The zero-order valence-corrected chi connectivity index (χ0v) is 14.8. The predicted octanol–water partition coefficient (Wildman–Crippen LogP) is 2.43. The molecule has 1 aliphatic heterocycles. The molecule has 2 N–H and O–H groups in total. The molecule has 1 heterocycles. The summed E-state index contributed by atoms with van der Waals surface area (Å²) in [5.41, 5.74) is 5.91. The van der Waals surface area contributed by atoms with Gasteiger partial charge in [0.05, 0.1) is 31.1 Å². The van der Waals surface area contributed by atoms with E-state index in [1.807, 2.05) is 6.07 Å². The van der Waals surface area contributed by atoms with Gasteiger partial charge in [0.1, 0.15) is 17.4 Å². The summed E-state index contributed by atoms with van der Waals surface area (Å²) >= 11 is 0. The van der Waals surface area contributed by atoms with Crippen LogP contribution in [0.2, 0.25) is 0 Å². The molecule has 9 nitrogen and oxygen atoms in total. The highest BCUT2D eigenvalue weighted by molar-refractivity contribution is 5.99. The summed E-state index contributed by atoms with van der Waals surface area (Å²) in [6, 6.07) is 4.55. The van der Waals surface area contributed by atoms with E-state index in [0.717, 1.165) is 0 Å². The molecule has 27 heavy (non-hydrogen) atoms. The monoisotopic (exact) mass is 371 g/mol. The van der Waals surface area contributed by atoms with Gasteiger partial charge in [-0.3, -0.25) is 14.9 Å². The lowest BCUT2D eigenvalue weighted by Crippen LogP contribution is -2.27. The lowest BCUT2D eigenvalue weighted by Gasteiger charge is -2.30. The van der Waals surface area contributed by atoms with Crippen LogP contribution in [0.25, 0.3) is 0 Å². The Morgan fingerprint density at radius 2 is 1.96 bits per heavy atom. The summed E-state index contributed by atoms with van der Waals surface area (Å²) in [5.74, 6) is -0.597. The van der Waals surface area contributed by atoms with Crippen molar-refractivity contribution in [3.8, 4) is 17.6 Å². The summed E-state index contributed by atoms with van der Waals surface area (Å²) in [7, 11) is 2.75. The van der Waals surface area contributed by atoms with Gasteiger partial charge >= 0.3 is 0 Å². The summed E-state index contributed by atoms with van der Waals surface area (Å²) < 4.78 is 15.9. The highest BCUT2D eigenvalue weighted by Gasteiger charge is 2.41. The van der Waals surface area contributed by atoms with Crippen molar-refractivity contribution in [2.75, 3.05) is 14.2 Å². The van der Waals surface area contributed by atoms with Crippen LogP contribution < -0.4 is 15.2 Å². The molecule has 0 saturated carbocycles. The number of ether oxygens (including phenoxy) is 3. The second-order valence-corrected chi connectivity index (χ2v) is 6.06. The average Bonchev–Trinajstić information content (AvgIpc) is 2.65. The SMILES string of the molecule is COc1cc([C@@H]2C(C#N)=C(N)OC3=C2C(=O)CCC3)c([N+](=O)[O-])cc1OC. The number of hydrogen-bond donors (Lipinski definition) is 1. The fourth-order valence-electron chi connectivity index (χ4n) is 3.44. The first-order chi connectivity index (χ1) is 12.9. The Bertz CT molecular complexity index is 941. The number of Topliss-reactive ketones (excluding diaryl/α,β-unsaturated/α-hetero) is 1. The second-order valence-electron chi connectivity index (χ2n) is 6.06. The van der Waals surface area contributed by atoms with E-state index in [-0.39, 0.29) is 52.0 Å². The molecule has 140 valence electrons. The third kappa shape index (κ3) is 2.95. The molecule has 0 unspecified atom stereocenters. The number of nitriles is 1. The Balaban J connectivity index is 2.33. The fourth-order valence-corrected chi connectivity index (χ4v) is 3.44. The van der Waals surface area contributed by atoms with Crippen molar-refractivity contribution < 1.29 is 23.9 Å². The molecule has 1 aromatic rings. The van der Waals surface area contributed by atoms with E-state index in [4.69, 9.17) is 19.9 Å². The van der Waals surface area contributed by atoms with Crippen molar-refractivity contribution in [1.29, 1.82) is 5.26 Å². The maximum absolute atomic E-state index is 12.6. The van der Waals surface area contributed by atoms with Gasteiger partial charge in [0.2, 0.25) is 5.88 Å². The van der Waals surface area contributed by atoms with Gasteiger partial charge in [-0.25, -0.2) is 0 Å². The molecule has 0 amide bonds. The third-order valence-corrected chi connectivity index (χ3v) is 4.65. The zero-order valence-electron chi connectivity index (χ0n) is 14.8. The highest BCUT2D eigenvalue weighted by atomic mass is 16.6. The Kier molecular flexibility index (Phi) is 4.73. The quantitative estimate of drug-likeness (QED) is 0.629. The summed E-state index contributed by atoms with van der Waals surface area (Å²) in [6.45, 7) is 0. The Labute approximate surface area is 154 Å². The van der Waals surface area contributed by atoms with E-state index >= 15 is 0 Å². The van der Waals surface area contributed by atoms with Crippen LogP contribution in [0.15, 0.2) is 34.9 Å². The number of carbonyl (C=O) groups is 1. The molecular formula is C18H17N3O6. The van der Waals surface area contributed by atoms with E-state index in [1.165, 1.54) is 26.4 Å². The minimum Gasteiger partial charge on any atom is -0.493 e. The van der Waals surface area contributed by atoms with Gasteiger partial charge in [-0.15, -0.1) is 0 Å². The van der Waals surface area contributed by atoms with Crippen molar-refractivity contribution in [2.24, 2.45) is 5.73 Å². The van der Waals surface area contributed by atoms with Gasteiger partial charge in [0.15, 0.2) is 17.3 Å². The van der Waals surface area contributed by atoms with Gasteiger partial charge in [-0.2, -0.15) is 5.26 Å². The first-order valence-electron chi connectivity index (χ1n) is 8.17. The number of allylic oxidation sites excluding steroid dienone is 3. The molecular weight excluding hydrogens is 354 g/mol. The predicted molar refractivity (Wildman–Crippen MR) is 92.7 cm³/mol. The van der Waals surface area contributed by atoms with Crippen LogP contribution in [0.4, 0.5) is 5.69 Å². The van der Waals surface area contributed by atoms with Crippen LogP contribution in [0.3, 0.4) is 0 Å². The van der Waals surface area contributed by atoms with Crippen LogP contribution >= 0.6 is 0 Å². The van der Waals surface area contributed by atoms with Crippen molar-refractivity contribution in [3.63, 3.8) is 0 Å². The van der Waals surface area contributed by atoms with Crippen molar-refractivity contribution in [2.45, 2.75) is 25.2 Å². The Hall–Kier alpha value is -3.54. The number of hydrogen-bond acceptors (Lipinski definition) is 8. The molecule has 1 atom stereocenters. The molecule has 0 fully saturated rings. The minimum atomic E-state index is -0.994. The molecule has 1 aromatic carbocycles. The van der Waals surface area contributed by atoms with Gasteiger partial charge in [-0.1, -0.05) is 0 Å². The fraction of sp³-hybridized carbons (Fsp3) is 0.333. The van der Waals surface area contributed by atoms with Crippen LogP contribution in [0, 0.1) is 21.4 Å². The van der Waals surface area contributed by atoms with E-state index < -0.39 is 10.8 Å². The first-order valence-corrected chi connectivity index (χ1v) is 8.17. The number of nitro groups is 1. The molecule has 9 heteroatoms. The number of ketones is 1. The topological polar surface area (TPSA) is 138 Å². The Morgan fingerprint density at radius 3 is 2.56 bits per heavy atom. The van der Waals surface area contributed by atoms with Gasteiger partial charge < -0.3 is 19.9 Å². The Morgan fingerprint density at radius 1 is 1.30 bits per heavy atom. The number of methoxy groups -OCH3 is 2. The maximum Gasteiger partial charge on any atom is 0.277 e. The number of nitro benzene ring substituents is 1. The molecule has 0 saturated heterocycles. The van der Waals surface area contributed by atoms with E-state index in [1.54, 1.807) is 0 Å². The number of rotatable bonds is 4. The lowest BCUT2D eigenvalue weighted by atomic mass is 9.77. The second kappa shape index (κ2) is 6.99. The molecule has 0 radical (unpaired) electrons. The standard InChI is InChI=1S/C18H17N3O6/c1-25-14-6-9(11(21(23)24)7-15(14)26-2)16-10(8-19)18(20)27-13-5-3-4-12(22)17(13)16/h6-7,16H,3-5,20H2,1-2H3/t16-/m1/s1. The summed E-state index contributed by atoms with van der Waals surface area (Å²) in [5, 5.41) is 21.3. The number of carbonyl (C=O) groups excluding carboxylic acids is 1. The number of nitrogens with two attached hydrogens (primary N) is 1. The van der Waals surface area contributed by atoms with Crippen molar-refractivity contribution >= 4 is 11.5 Å². The normalized spacial score (nSPS) is 19.1. The van der Waals surface area contributed by atoms with Gasteiger partial charge in [-0.05, 0) is 12.5 Å². The van der Waals surface area contributed by atoms with E-state index in [9.17, 15) is 20.2 Å². The number of nitrogens with zero attached hydrogens (tertiary/aromatic N) is 2. The smallest absolute Gasteiger partial charge is 0.277 e. The van der Waals surface area contributed by atoms with Gasteiger partial charge in [0, 0.05) is 24.0 Å². The summed E-state index contributed by atoms with van der Waals surface area (Å²) in [6.07, 6.45) is 1.34. The van der Waals surface area contributed by atoms with Crippen LogP contribution in [-0.4, -0.2) is 24.9 Å². The van der Waals surface area contributed by atoms with Crippen LogP contribution in [-0.2, 0) is 9.53 Å². The van der Waals surface area contributed by atoms with Crippen LogP contribution in [0.5, 0.6) is 11.5 Å². The van der Waals surface area contributed by atoms with Crippen LogP contribution in [0.1, 0.15) is 30.7 Å². The van der Waals surface area contributed by atoms with Crippen molar-refractivity contribution in [3.05, 3.63) is 50.6 Å². The van der Waals surface area contributed by atoms with Gasteiger partial charge in [0.25, 0.3) is 5.69 Å². The van der Waals surface area contributed by atoms with E-state index in [2.05, 4.69) is 0 Å². The number of benzene rings is 1. The van der Waals surface area contributed by atoms with E-state index in [0.29, 0.717) is 18.6 Å². The largest absolute Gasteiger partial charge is 0.493 e. The first kappa shape index (κ1) is 18.3. The zero-order chi connectivity index (χ0) is 19.7. The molecule has 2 aliphatic rings. The summed E-state index contributed by atoms with van der Waals surface area (Å²) in [4.78, 5) is 23.7. The highest BCUT2D eigenvalue weighted by Crippen LogP contribution is 2.48. The average molecular weight is 371 g/mol. The van der Waals surface area contributed by atoms with Crippen molar-refractivity contribution in [1.82, 2.24) is 0 Å². The lowest BCUT2D eigenvalue weighted by molar-refractivity contribution is -0.385. The molecule has 0 aromatic heterocycles. The maximum atomic E-state index is 12.6. The molecule has 3 rings (SSSR count). The minimum absolute atomic E-state index is 0.0423. The third-order valence-electron chi connectivity index (χ3n) is 4.65. The molecule has 0 spiro atoms. The molecule has 1 aliphatic carbocycles. The molecule has 0 bridgehead atoms.